The highest BCUT2D eigenvalue weighted by Crippen LogP contribution is 2.36. The van der Waals surface area contributed by atoms with Gasteiger partial charge in [-0.15, -0.1) is 0 Å². The third kappa shape index (κ3) is 5.64. The van der Waals surface area contributed by atoms with Crippen molar-refractivity contribution in [3.63, 3.8) is 0 Å². The third-order valence-electron chi connectivity index (χ3n) is 3.42. The van der Waals surface area contributed by atoms with Crippen LogP contribution in [0.2, 0.25) is 10.0 Å². The minimum absolute atomic E-state index is 0.0618. The second-order valence-corrected chi connectivity index (χ2v) is 6.12. The maximum Gasteiger partial charge on any atom is 0.418 e. The van der Waals surface area contributed by atoms with Crippen molar-refractivity contribution in [2.45, 2.75) is 12.7 Å². The van der Waals surface area contributed by atoms with E-state index in [4.69, 9.17) is 28.5 Å². The highest BCUT2D eigenvalue weighted by Gasteiger charge is 2.33. The Hall–Kier alpha value is -2.69. The summed E-state index contributed by atoms with van der Waals surface area (Å²) in [6.07, 6.45) is -3.75. The lowest BCUT2D eigenvalue weighted by molar-refractivity contribution is -0.136. The first kappa shape index (κ1) is 20.6. The van der Waals surface area contributed by atoms with Gasteiger partial charge in [-0.3, -0.25) is 4.79 Å². The third-order valence-corrected chi connectivity index (χ3v) is 4.03. The summed E-state index contributed by atoms with van der Waals surface area (Å²) in [7, 11) is 0. The van der Waals surface area contributed by atoms with E-state index in [0.717, 1.165) is 18.3 Å². The SMILES string of the molecule is N#C/C(=C/Nc1ccc(Cl)cc1C(F)(F)F)C(=O)NCc1ccccc1Cl. The average Bonchev–Trinajstić information content (AvgIpc) is 2.61. The Bertz CT molecular complexity index is 921. The van der Waals surface area contributed by atoms with E-state index in [2.05, 4.69) is 10.6 Å². The molecule has 2 N–H and O–H groups in total. The van der Waals surface area contributed by atoms with Gasteiger partial charge < -0.3 is 10.6 Å². The van der Waals surface area contributed by atoms with Crippen molar-refractivity contribution in [2.75, 3.05) is 5.32 Å². The van der Waals surface area contributed by atoms with Crippen LogP contribution >= 0.6 is 23.2 Å². The van der Waals surface area contributed by atoms with Crippen molar-refractivity contribution in [3.05, 3.63) is 75.4 Å². The molecule has 0 atom stereocenters. The van der Waals surface area contributed by atoms with Crippen LogP contribution in [-0.4, -0.2) is 5.91 Å². The smallest absolute Gasteiger partial charge is 0.360 e. The average molecular weight is 414 g/mol. The van der Waals surface area contributed by atoms with Crippen molar-refractivity contribution in [1.82, 2.24) is 5.32 Å². The molecule has 2 aromatic rings. The number of carbonyl (C=O) groups is 1. The molecule has 9 heteroatoms. The van der Waals surface area contributed by atoms with Gasteiger partial charge in [-0.25, -0.2) is 0 Å². The van der Waals surface area contributed by atoms with Gasteiger partial charge in [0.05, 0.1) is 11.3 Å². The summed E-state index contributed by atoms with van der Waals surface area (Å²) in [5, 5.41) is 14.3. The van der Waals surface area contributed by atoms with Gasteiger partial charge in [0.15, 0.2) is 0 Å². The van der Waals surface area contributed by atoms with Crippen LogP contribution in [0.15, 0.2) is 54.2 Å². The number of hydrogen-bond donors (Lipinski definition) is 2. The zero-order valence-corrected chi connectivity index (χ0v) is 15.1. The number of benzene rings is 2. The van der Waals surface area contributed by atoms with Gasteiger partial charge in [0.2, 0.25) is 0 Å². The van der Waals surface area contributed by atoms with E-state index >= 15 is 0 Å². The highest BCUT2D eigenvalue weighted by molar-refractivity contribution is 6.31. The van der Waals surface area contributed by atoms with E-state index in [1.807, 2.05) is 0 Å². The monoisotopic (exact) mass is 413 g/mol. The molecule has 0 aliphatic carbocycles. The van der Waals surface area contributed by atoms with Gasteiger partial charge in [-0.1, -0.05) is 41.4 Å². The molecule has 0 heterocycles. The molecule has 27 heavy (non-hydrogen) atoms. The predicted octanol–water partition coefficient (Wildman–Crippen LogP) is 5.15. The van der Waals surface area contributed by atoms with Crippen molar-refractivity contribution in [1.29, 1.82) is 5.26 Å². The largest absolute Gasteiger partial charge is 0.418 e. The van der Waals surface area contributed by atoms with E-state index in [-0.39, 0.29) is 17.3 Å². The van der Waals surface area contributed by atoms with Crippen LogP contribution in [0.1, 0.15) is 11.1 Å². The summed E-state index contributed by atoms with van der Waals surface area (Å²) in [5.74, 6) is -0.757. The van der Waals surface area contributed by atoms with Crippen LogP contribution in [0.4, 0.5) is 18.9 Å². The first-order valence-electron chi connectivity index (χ1n) is 7.47. The molecule has 2 rings (SSSR count). The molecule has 4 nitrogen and oxygen atoms in total. The zero-order valence-electron chi connectivity index (χ0n) is 13.6. The lowest BCUT2D eigenvalue weighted by atomic mass is 10.1. The fraction of sp³-hybridized carbons (Fsp3) is 0.111. The lowest BCUT2D eigenvalue weighted by Gasteiger charge is -2.13. The number of nitriles is 1. The summed E-state index contributed by atoms with van der Waals surface area (Å²) < 4.78 is 39.2. The van der Waals surface area contributed by atoms with E-state index in [9.17, 15) is 18.0 Å². The number of nitrogens with one attached hydrogen (secondary N) is 2. The summed E-state index contributed by atoms with van der Waals surface area (Å²) in [6.45, 7) is 0.0618. The van der Waals surface area contributed by atoms with Crippen LogP contribution in [0.25, 0.3) is 0 Å². The van der Waals surface area contributed by atoms with Crippen LogP contribution in [-0.2, 0) is 17.5 Å². The number of hydrogen-bond acceptors (Lipinski definition) is 3. The minimum atomic E-state index is -4.65. The molecular formula is C18H12Cl2F3N3O. The number of halogens is 5. The molecule has 0 aromatic heterocycles. The van der Waals surface area contributed by atoms with Gasteiger partial charge in [-0.05, 0) is 29.8 Å². The zero-order chi connectivity index (χ0) is 20.0. The second kappa shape index (κ2) is 8.80. The quantitative estimate of drug-likeness (QED) is 0.526. The van der Waals surface area contributed by atoms with Crippen LogP contribution in [0.5, 0.6) is 0 Å². The van der Waals surface area contributed by atoms with Gasteiger partial charge in [0.1, 0.15) is 11.6 Å². The van der Waals surface area contributed by atoms with Crippen LogP contribution < -0.4 is 10.6 Å². The maximum absolute atomic E-state index is 13.1. The number of amides is 1. The number of rotatable bonds is 5. The minimum Gasteiger partial charge on any atom is -0.360 e. The molecule has 2 aromatic carbocycles. The first-order valence-corrected chi connectivity index (χ1v) is 8.23. The van der Waals surface area contributed by atoms with E-state index in [1.165, 1.54) is 6.07 Å². The molecule has 0 saturated carbocycles. The number of anilines is 1. The normalized spacial score (nSPS) is 11.6. The maximum atomic E-state index is 13.1. The summed E-state index contributed by atoms with van der Waals surface area (Å²) in [5.41, 5.74) is -1.11. The van der Waals surface area contributed by atoms with E-state index < -0.39 is 23.2 Å². The Morgan fingerprint density at radius 3 is 2.52 bits per heavy atom. The van der Waals surface area contributed by atoms with Gasteiger partial charge in [0.25, 0.3) is 5.91 Å². The molecule has 0 saturated heterocycles. The number of nitrogens with zero attached hydrogens (tertiary/aromatic N) is 1. The van der Waals surface area contributed by atoms with Gasteiger partial charge in [0, 0.05) is 22.8 Å². The lowest BCUT2D eigenvalue weighted by Crippen LogP contribution is -2.24. The molecule has 0 spiro atoms. The van der Waals surface area contributed by atoms with Crippen LogP contribution in [0, 0.1) is 11.3 Å². The summed E-state index contributed by atoms with van der Waals surface area (Å²) in [4.78, 5) is 12.1. The Morgan fingerprint density at radius 2 is 1.89 bits per heavy atom. The topological polar surface area (TPSA) is 64.9 Å². The van der Waals surface area contributed by atoms with Gasteiger partial charge in [-0.2, -0.15) is 18.4 Å². The molecule has 0 unspecified atom stereocenters. The van der Waals surface area contributed by atoms with Gasteiger partial charge >= 0.3 is 6.18 Å². The number of carbonyl (C=O) groups excluding carboxylic acids is 1. The molecule has 0 radical (unpaired) electrons. The molecule has 0 fully saturated rings. The van der Waals surface area contributed by atoms with Crippen molar-refractivity contribution >= 4 is 34.8 Å². The molecular weight excluding hydrogens is 402 g/mol. The van der Waals surface area contributed by atoms with Crippen molar-refractivity contribution < 1.29 is 18.0 Å². The fourth-order valence-electron chi connectivity index (χ4n) is 2.09. The Kier molecular flexibility index (Phi) is 6.72. The summed E-state index contributed by atoms with van der Waals surface area (Å²) >= 11 is 11.6. The Labute approximate surface area is 163 Å². The van der Waals surface area contributed by atoms with Crippen molar-refractivity contribution in [3.8, 4) is 6.07 Å². The fourth-order valence-corrected chi connectivity index (χ4v) is 2.46. The highest BCUT2D eigenvalue weighted by atomic mass is 35.5. The summed E-state index contributed by atoms with van der Waals surface area (Å²) in [6, 6.07) is 11.6. The van der Waals surface area contributed by atoms with Crippen LogP contribution in [0.3, 0.4) is 0 Å². The standard InChI is InChI=1S/C18H12Cl2F3N3O/c19-13-5-6-16(14(7-13)18(21,22)23)25-10-12(8-24)17(27)26-9-11-3-1-2-4-15(11)20/h1-7,10,25H,9H2,(H,26,27)/b12-10-. The predicted molar refractivity (Wildman–Crippen MR) is 97.1 cm³/mol. The molecule has 140 valence electrons. The molecule has 0 aliphatic heterocycles. The van der Waals surface area contributed by atoms with E-state index in [1.54, 1.807) is 30.3 Å². The Balaban J connectivity index is 2.14. The Morgan fingerprint density at radius 1 is 1.19 bits per heavy atom. The molecule has 0 aliphatic rings. The number of alkyl halides is 3. The first-order chi connectivity index (χ1) is 12.7. The van der Waals surface area contributed by atoms with Crippen molar-refractivity contribution in [2.24, 2.45) is 0 Å². The molecule has 1 amide bonds. The van der Waals surface area contributed by atoms with E-state index in [0.29, 0.717) is 10.6 Å². The molecule has 0 bridgehead atoms. The second-order valence-electron chi connectivity index (χ2n) is 5.28.